The molecule has 1 fully saturated rings. The Bertz CT molecular complexity index is 419. The lowest BCUT2D eigenvalue weighted by molar-refractivity contribution is 0.293. The lowest BCUT2D eigenvalue weighted by atomic mass is 10.00. The third-order valence-corrected chi connectivity index (χ3v) is 4.35. The van der Waals surface area contributed by atoms with Crippen molar-refractivity contribution in [1.29, 1.82) is 0 Å². The molecule has 0 spiro atoms. The molecule has 0 amide bonds. The molecule has 1 aliphatic heterocycles. The Hall–Kier alpha value is -0.930. The van der Waals surface area contributed by atoms with Gasteiger partial charge in [-0.25, -0.2) is 0 Å². The van der Waals surface area contributed by atoms with E-state index in [2.05, 4.69) is 56.0 Å². The third kappa shape index (κ3) is 3.34. The van der Waals surface area contributed by atoms with Gasteiger partial charge in [-0.3, -0.25) is 4.98 Å². The van der Waals surface area contributed by atoms with Gasteiger partial charge in [0.2, 0.25) is 0 Å². The fourth-order valence-corrected chi connectivity index (χ4v) is 3.34. The van der Waals surface area contributed by atoms with Gasteiger partial charge in [-0.05, 0) is 71.3 Å². The Labute approximate surface area is 117 Å². The molecule has 0 aliphatic carbocycles. The standard InChI is InChI=1S/C16H27N3/c1-11-9-12(2)18-14(4)16(11)13(3)17-10-15-7-6-8-19(15)5/h9,13,15,17H,6-8,10H2,1-5H3. The van der Waals surface area contributed by atoms with Gasteiger partial charge in [-0.2, -0.15) is 0 Å². The first-order chi connectivity index (χ1) is 8.99. The second kappa shape index (κ2) is 6.02. The molecular weight excluding hydrogens is 234 g/mol. The topological polar surface area (TPSA) is 28.2 Å². The molecule has 0 bridgehead atoms. The Balaban J connectivity index is 2.02. The summed E-state index contributed by atoms with van der Waals surface area (Å²) in [7, 11) is 2.23. The van der Waals surface area contributed by atoms with E-state index in [1.165, 1.54) is 30.5 Å². The largest absolute Gasteiger partial charge is 0.309 e. The van der Waals surface area contributed by atoms with E-state index in [4.69, 9.17) is 0 Å². The van der Waals surface area contributed by atoms with Crippen LogP contribution in [-0.2, 0) is 0 Å². The van der Waals surface area contributed by atoms with E-state index in [0.717, 1.165) is 17.9 Å². The maximum atomic E-state index is 4.60. The van der Waals surface area contributed by atoms with Crippen LogP contribution in [0.5, 0.6) is 0 Å². The number of hydrogen-bond donors (Lipinski definition) is 1. The van der Waals surface area contributed by atoms with Gasteiger partial charge in [-0.1, -0.05) is 0 Å². The van der Waals surface area contributed by atoms with E-state index in [-0.39, 0.29) is 0 Å². The summed E-state index contributed by atoms with van der Waals surface area (Å²) in [4.78, 5) is 7.06. The number of likely N-dealkylation sites (N-methyl/N-ethyl adjacent to an activating group) is 1. The van der Waals surface area contributed by atoms with Crippen LogP contribution >= 0.6 is 0 Å². The molecule has 1 aromatic heterocycles. The predicted octanol–water partition coefficient (Wildman–Crippen LogP) is 2.75. The first-order valence-corrected chi connectivity index (χ1v) is 7.37. The summed E-state index contributed by atoms with van der Waals surface area (Å²) in [6.45, 7) is 10.9. The third-order valence-electron chi connectivity index (χ3n) is 4.35. The minimum Gasteiger partial charge on any atom is -0.309 e. The second-order valence-electron chi connectivity index (χ2n) is 5.99. The van der Waals surface area contributed by atoms with Crippen LogP contribution in [0.25, 0.3) is 0 Å². The van der Waals surface area contributed by atoms with Gasteiger partial charge in [0, 0.05) is 30.0 Å². The van der Waals surface area contributed by atoms with Crippen LogP contribution in [-0.4, -0.2) is 36.1 Å². The average molecular weight is 261 g/mol. The minimum absolute atomic E-state index is 0.377. The van der Waals surface area contributed by atoms with Crippen LogP contribution in [0, 0.1) is 20.8 Å². The molecule has 3 nitrogen and oxygen atoms in total. The summed E-state index contributed by atoms with van der Waals surface area (Å²) in [5, 5.41) is 3.69. The predicted molar refractivity (Wildman–Crippen MR) is 80.5 cm³/mol. The highest BCUT2D eigenvalue weighted by molar-refractivity contribution is 5.33. The SMILES string of the molecule is Cc1cc(C)c(C(C)NCC2CCCN2C)c(C)n1. The van der Waals surface area contributed by atoms with Gasteiger partial charge in [0.15, 0.2) is 0 Å². The van der Waals surface area contributed by atoms with Crippen LogP contribution in [0.3, 0.4) is 0 Å². The first-order valence-electron chi connectivity index (χ1n) is 7.37. The zero-order chi connectivity index (χ0) is 14.0. The average Bonchev–Trinajstić information content (AvgIpc) is 2.70. The van der Waals surface area contributed by atoms with Gasteiger partial charge >= 0.3 is 0 Å². The summed E-state index contributed by atoms with van der Waals surface area (Å²) < 4.78 is 0. The lowest BCUT2D eigenvalue weighted by Gasteiger charge is -2.24. The number of likely N-dealkylation sites (tertiary alicyclic amines) is 1. The number of hydrogen-bond acceptors (Lipinski definition) is 3. The van der Waals surface area contributed by atoms with Crippen LogP contribution < -0.4 is 5.32 Å². The number of aromatic nitrogens is 1. The van der Waals surface area contributed by atoms with Crippen molar-refractivity contribution in [1.82, 2.24) is 15.2 Å². The molecule has 2 unspecified atom stereocenters. The van der Waals surface area contributed by atoms with E-state index >= 15 is 0 Å². The Morgan fingerprint density at radius 3 is 2.74 bits per heavy atom. The number of pyridine rings is 1. The zero-order valence-electron chi connectivity index (χ0n) is 13.0. The molecule has 1 N–H and O–H groups in total. The van der Waals surface area contributed by atoms with Crippen LogP contribution in [0.15, 0.2) is 6.07 Å². The molecule has 1 saturated heterocycles. The molecule has 3 heteroatoms. The molecule has 1 aromatic rings. The van der Waals surface area contributed by atoms with E-state index < -0.39 is 0 Å². The number of aryl methyl sites for hydroxylation is 3. The second-order valence-corrected chi connectivity index (χ2v) is 5.99. The fourth-order valence-electron chi connectivity index (χ4n) is 3.34. The maximum Gasteiger partial charge on any atom is 0.0426 e. The van der Waals surface area contributed by atoms with E-state index in [1.807, 2.05) is 0 Å². The molecule has 2 atom stereocenters. The van der Waals surface area contributed by atoms with E-state index in [1.54, 1.807) is 0 Å². The molecule has 2 rings (SSSR count). The van der Waals surface area contributed by atoms with Crippen molar-refractivity contribution < 1.29 is 0 Å². The molecule has 0 radical (unpaired) electrons. The minimum atomic E-state index is 0.377. The number of nitrogens with zero attached hydrogens (tertiary/aromatic N) is 2. The van der Waals surface area contributed by atoms with Crippen molar-refractivity contribution in [2.75, 3.05) is 20.1 Å². The van der Waals surface area contributed by atoms with Gasteiger partial charge in [0.25, 0.3) is 0 Å². The summed E-state index contributed by atoms with van der Waals surface area (Å²) in [6.07, 6.45) is 2.65. The van der Waals surface area contributed by atoms with Crippen molar-refractivity contribution in [3.05, 3.63) is 28.6 Å². The van der Waals surface area contributed by atoms with Gasteiger partial charge in [0.1, 0.15) is 0 Å². The zero-order valence-corrected chi connectivity index (χ0v) is 13.0. The van der Waals surface area contributed by atoms with Crippen molar-refractivity contribution in [3.8, 4) is 0 Å². The van der Waals surface area contributed by atoms with Gasteiger partial charge in [-0.15, -0.1) is 0 Å². The molecule has 0 aromatic carbocycles. The number of rotatable bonds is 4. The Kier molecular flexibility index (Phi) is 4.58. The highest BCUT2D eigenvalue weighted by Gasteiger charge is 2.21. The van der Waals surface area contributed by atoms with Crippen molar-refractivity contribution in [2.45, 2.75) is 52.6 Å². The van der Waals surface area contributed by atoms with Crippen molar-refractivity contribution >= 4 is 0 Å². The first kappa shape index (κ1) is 14.5. The molecular formula is C16H27N3. The highest BCUT2D eigenvalue weighted by atomic mass is 15.2. The van der Waals surface area contributed by atoms with E-state index in [0.29, 0.717) is 12.1 Å². The summed E-state index contributed by atoms with van der Waals surface area (Å²) in [5.41, 5.74) is 5.00. The molecule has 106 valence electrons. The molecule has 1 aliphatic rings. The smallest absolute Gasteiger partial charge is 0.0426 e. The number of nitrogens with one attached hydrogen (secondary N) is 1. The van der Waals surface area contributed by atoms with E-state index in [9.17, 15) is 0 Å². The van der Waals surface area contributed by atoms with Gasteiger partial charge in [0.05, 0.1) is 0 Å². The quantitative estimate of drug-likeness (QED) is 0.903. The maximum absolute atomic E-state index is 4.60. The Morgan fingerprint density at radius 2 is 2.16 bits per heavy atom. The van der Waals surface area contributed by atoms with Crippen LogP contribution in [0.2, 0.25) is 0 Å². The Morgan fingerprint density at radius 1 is 1.42 bits per heavy atom. The summed E-state index contributed by atoms with van der Waals surface area (Å²) in [6, 6.07) is 3.26. The fraction of sp³-hybridized carbons (Fsp3) is 0.688. The lowest BCUT2D eigenvalue weighted by Crippen LogP contribution is -2.36. The molecule has 0 saturated carbocycles. The van der Waals surface area contributed by atoms with Crippen molar-refractivity contribution in [2.24, 2.45) is 0 Å². The van der Waals surface area contributed by atoms with Crippen molar-refractivity contribution in [3.63, 3.8) is 0 Å². The monoisotopic (exact) mass is 261 g/mol. The molecule has 2 heterocycles. The normalized spacial score (nSPS) is 21.8. The van der Waals surface area contributed by atoms with Crippen LogP contribution in [0.1, 0.15) is 48.3 Å². The molecule has 19 heavy (non-hydrogen) atoms. The summed E-state index contributed by atoms with van der Waals surface area (Å²) in [5.74, 6) is 0. The summed E-state index contributed by atoms with van der Waals surface area (Å²) >= 11 is 0. The van der Waals surface area contributed by atoms with Crippen LogP contribution in [0.4, 0.5) is 0 Å². The van der Waals surface area contributed by atoms with Gasteiger partial charge < -0.3 is 10.2 Å². The highest BCUT2D eigenvalue weighted by Crippen LogP contribution is 2.22.